The van der Waals surface area contributed by atoms with Gasteiger partial charge in [0.05, 0.1) is 12.2 Å². The third-order valence-electron chi connectivity index (χ3n) is 2.29. The number of nitrogens with zero attached hydrogens (tertiary/aromatic N) is 3. The van der Waals surface area contributed by atoms with E-state index in [2.05, 4.69) is 21.3 Å². The molecule has 0 amide bonds. The van der Waals surface area contributed by atoms with Gasteiger partial charge in [-0.15, -0.1) is 15.8 Å². The fourth-order valence-electron chi connectivity index (χ4n) is 1.43. The summed E-state index contributed by atoms with van der Waals surface area (Å²) in [5, 5.41) is 8.28. The Balaban J connectivity index is 1.81. The van der Waals surface area contributed by atoms with Crippen LogP contribution >= 0.6 is 0 Å². The van der Waals surface area contributed by atoms with E-state index in [9.17, 15) is 9.59 Å². The summed E-state index contributed by atoms with van der Waals surface area (Å²) in [6.45, 7) is 0.126. The summed E-state index contributed by atoms with van der Waals surface area (Å²) in [5.41, 5.74) is 5.40. The molecule has 1 aromatic carbocycles. The molecule has 0 unspecified atom stereocenters. The molecule has 0 atom stereocenters. The highest BCUT2D eigenvalue weighted by Crippen LogP contribution is 2.03. The lowest BCUT2D eigenvalue weighted by Gasteiger charge is -2.10. The van der Waals surface area contributed by atoms with Gasteiger partial charge in [-0.1, -0.05) is 23.3 Å². The molecule has 0 bridgehead atoms. The second-order valence-corrected chi connectivity index (χ2v) is 3.51. The van der Waals surface area contributed by atoms with E-state index >= 15 is 0 Å². The van der Waals surface area contributed by atoms with Crippen LogP contribution in [0.5, 0.6) is 0 Å². The number of isocyanates is 1. The number of hydrazone groups is 2. The topological polar surface area (TPSA) is 95.4 Å². The normalized spacial score (nSPS) is 13.3. The molecule has 1 aromatic rings. The third-order valence-corrected chi connectivity index (χ3v) is 2.29. The Morgan fingerprint density at radius 1 is 1.42 bits per heavy atom. The standard InChI is InChI=1S/C11H11N5O3/c17-8-12-16-10(13-14-15-16)6-7-19-11(18)9-4-2-1-3-5-9/h1-5,14-15H,6-7H2. The fraction of sp³-hybridized carbons (Fsp3) is 0.182. The second kappa shape index (κ2) is 6.29. The number of hydrogen-bond acceptors (Lipinski definition) is 8. The highest BCUT2D eigenvalue weighted by atomic mass is 16.5. The number of carbonyl (C=O) groups excluding carboxylic acids is 2. The van der Waals surface area contributed by atoms with Crippen molar-refractivity contribution in [2.45, 2.75) is 6.42 Å². The molecule has 0 fully saturated rings. The fourth-order valence-corrected chi connectivity index (χ4v) is 1.43. The summed E-state index contributed by atoms with van der Waals surface area (Å²) >= 11 is 0. The summed E-state index contributed by atoms with van der Waals surface area (Å²) < 4.78 is 5.07. The van der Waals surface area contributed by atoms with Gasteiger partial charge in [0, 0.05) is 6.42 Å². The minimum absolute atomic E-state index is 0.126. The Morgan fingerprint density at radius 3 is 2.95 bits per heavy atom. The van der Waals surface area contributed by atoms with Crippen molar-refractivity contribution in [2.75, 3.05) is 6.61 Å². The average molecular weight is 261 g/mol. The zero-order valence-corrected chi connectivity index (χ0v) is 9.87. The van der Waals surface area contributed by atoms with E-state index in [4.69, 9.17) is 4.74 Å². The Labute approximate surface area is 108 Å². The van der Waals surface area contributed by atoms with Crippen LogP contribution in [0.25, 0.3) is 0 Å². The molecule has 1 aliphatic heterocycles. The monoisotopic (exact) mass is 261 g/mol. The molecule has 8 heteroatoms. The lowest BCUT2D eigenvalue weighted by molar-refractivity contribution is 0.0513. The van der Waals surface area contributed by atoms with Crippen molar-refractivity contribution in [3.63, 3.8) is 0 Å². The average Bonchev–Trinajstić information content (AvgIpc) is 2.88. The predicted octanol–water partition coefficient (Wildman–Crippen LogP) is 0.123. The number of ether oxygens (including phenoxy) is 1. The molecule has 1 aliphatic rings. The number of carbonyl (C=O) groups is 1. The first-order valence-electron chi connectivity index (χ1n) is 5.48. The van der Waals surface area contributed by atoms with Gasteiger partial charge in [-0.2, -0.15) is 0 Å². The van der Waals surface area contributed by atoms with Crippen molar-refractivity contribution in [1.82, 2.24) is 16.2 Å². The maximum Gasteiger partial charge on any atom is 0.338 e. The Hall–Kier alpha value is -2.70. The van der Waals surface area contributed by atoms with E-state index in [-0.39, 0.29) is 6.61 Å². The minimum atomic E-state index is -0.412. The number of amidine groups is 1. The highest BCUT2D eigenvalue weighted by molar-refractivity contribution is 5.89. The smallest absolute Gasteiger partial charge is 0.338 e. The molecular formula is C11H11N5O3. The summed E-state index contributed by atoms with van der Waals surface area (Å²) in [7, 11) is 0. The summed E-state index contributed by atoms with van der Waals surface area (Å²) in [5.74, 6) is 0.00904. The number of esters is 1. The molecule has 0 saturated carbocycles. The van der Waals surface area contributed by atoms with Gasteiger partial charge >= 0.3 is 5.97 Å². The molecule has 0 spiro atoms. The minimum Gasteiger partial charge on any atom is -0.462 e. The Kier molecular flexibility index (Phi) is 4.22. The quantitative estimate of drug-likeness (QED) is 0.444. The van der Waals surface area contributed by atoms with Crippen LogP contribution in [0.4, 0.5) is 0 Å². The highest BCUT2D eigenvalue weighted by Gasteiger charge is 2.16. The third kappa shape index (κ3) is 3.38. The van der Waals surface area contributed by atoms with Crippen molar-refractivity contribution >= 4 is 17.9 Å². The molecule has 0 radical (unpaired) electrons. The van der Waals surface area contributed by atoms with Gasteiger partial charge in [-0.05, 0) is 12.1 Å². The molecule has 1 heterocycles. The first-order chi connectivity index (χ1) is 9.31. The van der Waals surface area contributed by atoms with Gasteiger partial charge in [0.15, 0.2) is 5.84 Å². The maximum atomic E-state index is 11.6. The van der Waals surface area contributed by atoms with Crippen molar-refractivity contribution in [2.24, 2.45) is 10.2 Å². The molecule has 0 aromatic heterocycles. The van der Waals surface area contributed by atoms with Crippen molar-refractivity contribution in [1.29, 1.82) is 0 Å². The van der Waals surface area contributed by atoms with E-state index in [0.29, 0.717) is 17.8 Å². The van der Waals surface area contributed by atoms with Gasteiger partial charge in [-0.3, -0.25) is 0 Å². The Morgan fingerprint density at radius 2 is 2.21 bits per heavy atom. The van der Waals surface area contributed by atoms with Crippen LogP contribution < -0.4 is 11.1 Å². The van der Waals surface area contributed by atoms with E-state index in [1.54, 1.807) is 24.3 Å². The SMILES string of the molecule is O=C=NN1NNN=C1CCOC(=O)c1ccccc1. The van der Waals surface area contributed by atoms with Crippen LogP contribution in [-0.2, 0) is 9.53 Å². The number of benzene rings is 1. The summed E-state index contributed by atoms with van der Waals surface area (Å²) in [4.78, 5) is 21.8. The largest absolute Gasteiger partial charge is 0.462 e. The summed E-state index contributed by atoms with van der Waals surface area (Å²) in [6, 6.07) is 8.66. The van der Waals surface area contributed by atoms with Gasteiger partial charge in [0.25, 0.3) is 6.08 Å². The van der Waals surface area contributed by atoms with Crippen LogP contribution in [0, 0.1) is 0 Å². The Bertz CT molecular complexity index is 524. The van der Waals surface area contributed by atoms with Gasteiger partial charge in [-0.25, -0.2) is 15.1 Å². The number of rotatable bonds is 5. The molecule has 0 saturated heterocycles. The number of hydrazine groups is 2. The number of nitrogens with one attached hydrogen (secondary N) is 2. The van der Waals surface area contributed by atoms with Crippen LogP contribution in [0.15, 0.2) is 40.5 Å². The van der Waals surface area contributed by atoms with Crippen molar-refractivity contribution in [3.8, 4) is 0 Å². The van der Waals surface area contributed by atoms with E-state index in [1.165, 1.54) is 6.08 Å². The van der Waals surface area contributed by atoms with Gasteiger partial charge in [0.2, 0.25) is 0 Å². The predicted molar refractivity (Wildman–Crippen MR) is 65.0 cm³/mol. The van der Waals surface area contributed by atoms with Gasteiger partial charge in [0.1, 0.15) is 0 Å². The van der Waals surface area contributed by atoms with Crippen LogP contribution in [0.2, 0.25) is 0 Å². The van der Waals surface area contributed by atoms with Crippen LogP contribution in [-0.4, -0.2) is 29.6 Å². The molecule has 2 rings (SSSR count). The van der Waals surface area contributed by atoms with E-state index in [1.807, 2.05) is 6.07 Å². The molecule has 2 N–H and O–H groups in total. The van der Waals surface area contributed by atoms with Crippen molar-refractivity contribution in [3.05, 3.63) is 35.9 Å². The molecule has 19 heavy (non-hydrogen) atoms. The first kappa shape index (κ1) is 12.7. The van der Waals surface area contributed by atoms with Gasteiger partial charge < -0.3 is 4.74 Å². The van der Waals surface area contributed by atoms with Crippen LogP contribution in [0.3, 0.4) is 0 Å². The lowest BCUT2D eigenvalue weighted by Crippen LogP contribution is -2.36. The van der Waals surface area contributed by atoms with E-state index < -0.39 is 5.97 Å². The zero-order valence-electron chi connectivity index (χ0n) is 9.87. The molecular weight excluding hydrogens is 250 g/mol. The molecule has 8 nitrogen and oxygen atoms in total. The van der Waals surface area contributed by atoms with E-state index in [0.717, 1.165) is 5.12 Å². The zero-order chi connectivity index (χ0) is 13.5. The lowest BCUT2D eigenvalue weighted by atomic mass is 10.2. The maximum absolute atomic E-state index is 11.6. The molecule has 98 valence electrons. The van der Waals surface area contributed by atoms with Crippen molar-refractivity contribution < 1.29 is 14.3 Å². The first-order valence-corrected chi connectivity index (χ1v) is 5.48. The summed E-state index contributed by atoms with van der Waals surface area (Å²) in [6.07, 6.45) is 1.68. The second-order valence-electron chi connectivity index (χ2n) is 3.51. The number of hydrogen-bond donors (Lipinski definition) is 2. The molecule has 0 aliphatic carbocycles. The van der Waals surface area contributed by atoms with Crippen LogP contribution in [0.1, 0.15) is 16.8 Å².